The van der Waals surface area contributed by atoms with Gasteiger partial charge in [0.15, 0.2) is 0 Å². The van der Waals surface area contributed by atoms with Crippen LogP contribution in [0.4, 0.5) is 5.69 Å². The molecule has 6 heteroatoms. The summed E-state index contributed by atoms with van der Waals surface area (Å²) in [6.07, 6.45) is 5.04. The van der Waals surface area contributed by atoms with Crippen molar-refractivity contribution in [3.05, 3.63) is 66.2 Å². The Hall–Kier alpha value is -3.41. The van der Waals surface area contributed by atoms with Crippen molar-refractivity contribution in [2.24, 2.45) is 23.7 Å². The van der Waals surface area contributed by atoms with Gasteiger partial charge in [0.2, 0.25) is 11.8 Å². The monoisotopic (exact) mass is 389 g/mol. The van der Waals surface area contributed by atoms with Crippen LogP contribution in [-0.4, -0.2) is 24.9 Å². The average molecular weight is 389 g/mol. The highest BCUT2D eigenvalue weighted by molar-refractivity contribution is 6.22. The van der Waals surface area contributed by atoms with Gasteiger partial charge < -0.3 is 9.47 Å². The lowest BCUT2D eigenvalue weighted by Crippen LogP contribution is -2.32. The second-order valence-corrected chi connectivity index (χ2v) is 7.60. The van der Waals surface area contributed by atoms with Gasteiger partial charge >= 0.3 is 5.97 Å². The standard InChI is InChI=1S/C23H19NO5/c1-28-18-5-3-2-4-17(18)23(27)29-16-10-8-15(9-11-16)24-21(25)19-13-6-7-14(12-13)20(19)22(24)26/h2-11,13-14,19-20H,12H2,1H3/t13-,14-,19-,20+/m0/s1. The Bertz CT molecular complexity index is 1010. The summed E-state index contributed by atoms with van der Waals surface area (Å²) < 4.78 is 10.6. The molecule has 5 rings (SSSR count). The molecule has 0 spiro atoms. The fourth-order valence-corrected chi connectivity index (χ4v) is 4.80. The fraction of sp³-hybridized carbons (Fsp3) is 0.261. The summed E-state index contributed by atoms with van der Waals surface area (Å²) in [7, 11) is 1.49. The summed E-state index contributed by atoms with van der Waals surface area (Å²) in [6.45, 7) is 0. The first kappa shape index (κ1) is 17.7. The SMILES string of the molecule is COc1ccccc1C(=O)Oc1ccc(N2C(=O)[C@@H]3[C@H](C2=O)[C@H]2C=C[C@H]3C2)cc1. The first-order valence-corrected chi connectivity index (χ1v) is 9.60. The molecular formula is C23H19NO5. The maximum atomic E-state index is 12.9. The molecule has 2 aromatic carbocycles. The zero-order chi connectivity index (χ0) is 20.1. The lowest BCUT2D eigenvalue weighted by molar-refractivity contribution is -0.123. The molecule has 1 saturated heterocycles. The molecule has 1 saturated carbocycles. The van der Waals surface area contributed by atoms with E-state index >= 15 is 0 Å². The minimum atomic E-state index is -0.541. The van der Waals surface area contributed by atoms with Crippen molar-refractivity contribution in [1.29, 1.82) is 0 Å². The van der Waals surface area contributed by atoms with E-state index in [2.05, 4.69) is 12.2 Å². The summed E-state index contributed by atoms with van der Waals surface area (Å²) in [6, 6.07) is 13.3. The smallest absolute Gasteiger partial charge is 0.347 e. The van der Waals surface area contributed by atoms with Crippen LogP contribution in [0.5, 0.6) is 11.5 Å². The lowest BCUT2D eigenvalue weighted by Gasteiger charge is -2.17. The number of carbonyl (C=O) groups is 3. The number of ether oxygens (including phenoxy) is 2. The summed E-state index contributed by atoms with van der Waals surface area (Å²) in [4.78, 5) is 39.5. The summed E-state index contributed by atoms with van der Waals surface area (Å²) in [5.41, 5.74) is 0.825. The Balaban J connectivity index is 1.34. The molecular weight excluding hydrogens is 370 g/mol. The first-order chi connectivity index (χ1) is 14.1. The van der Waals surface area contributed by atoms with Crippen LogP contribution in [0.25, 0.3) is 0 Å². The topological polar surface area (TPSA) is 72.9 Å². The van der Waals surface area contributed by atoms with Crippen molar-refractivity contribution in [2.75, 3.05) is 12.0 Å². The fourth-order valence-electron chi connectivity index (χ4n) is 4.80. The largest absolute Gasteiger partial charge is 0.496 e. The third-order valence-corrected chi connectivity index (χ3v) is 6.10. The molecule has 2 amide bonds. The molecule has 1 aliphatic heterocycles. The van der Waals surface area contributed by atoms with Crippen LogP contribution in [0.15, 0.2) is 60.7 Å². The van der Waals surface area contributed by atoms with Gasteiger partial charge in [0.1, 0.15) is 17.1 Å². The number of amides is 2. The number of fused-ring (bicyclic) bond motifs is 5. The van der Waals surface area contributed by atoms with E-state index in [9.17, 15) is 14.4 Å². The van der Waals surface area contributed by atoms with Gasteiger partial charge in [0.25, 0.3) is 0 Å². The number of benzene rings is 2. The van der Waals surface area contributed by atoms with Crippen LogP contribution in [0.2, 0.25) is 0 Å². The maximum absolute atomic E-state index is 12.9. The second kappa shape index (κ2) is 6.58. The van der Waals surface area contributed by atoms with Gasteiger partial charge in [-0.15, -0.1) is 0 Å². The number of hydrogen-bond acceptors (Lipinski definition) is 5. The van der Waals surface area contributed by atoms with Crippen molar-refractivity contribution in [3.63, 3.8) is 0 Å². The van der Waals surface area contributed by atoms with Crippen molar-refractivity contribution < 1.29 is 23.9 Å². The first-order valence-electron chi connectivity index (χ1n) is 9.60. The summed E-state index contributed by atoms with van der Waals surface area (Å²) in [5.74, 6) is -0.170. The molecule has 0 aromatic heterocycles. The number of methoxy groups -OCH3 is 1. The van der Waals surface area contributed by atoms with Crippen LogP contribution >= 0.6 is 0 Å². The van der Waals surface area contributed by atoms with E-state index in [0.29, 0.717) is 22.7 Å². The number of rotatable bonds is 4. The zero-order valence-electron chi connectivity index (χ0n) is 15.8. The van der Waals surface area contributed by atoms with E-state index in [1.807, 2.05) is 0 Å². The van der Waals surface area contributed by atoms with E-state index in [1.54, 1.807) is 48.5 Å². The highest BCUT2D eigenvalue weighted by Gasteiger charge is 2.59. The molecule has 6 nitrogen and oxygen atoms in total. The van der Waals surface area contributed by atoms with Gasteiger partial charge in [0, 0.05) is 0 Å². The molecule has 0 radical (unpaired) electrons. The van der Waals surface area contributed by atoms with Crippen LogP contribution in [0.1, 0.15) is 16.8 Å². The highest BCUT2D eigenvalue weighted by atomic mass is 16.5. The molecule has 2 aliphatic carbocycles. The molecule has 2 fully saturated rings. The van der Waals surface area contributed by atoms with Crippen LogP contribution < -0.4 is 14.4 Å². The highest BCUT2D eigenvalue weighted by Crippen LogP contribution is 2.53. The Morgan fingerprint density at radius 1 is 0.931 bits per heavy atom. The van der Waals surface area contributed by atoms with E-state index in [4.69, 9.17) is 9.47 Å². The van der Waals surface area contributed by atoms with Crippen LogP contribution in [0.3, 0.4) is 0 Å². The third-order valence-electron chi connectivity index (χ3n) is 6.10. The number of para-hydroxylation sites is 1. The summed E-state index contributed by atoms with van der Waals surface area (Å²) >= 11 is 0. The van der Waals surface area contributed by atoms with E-state index in [-0.39, 0.29) is 35.5 Å². The molecule has 0 N–H and O–H groups in total. The quantitative estimate of drug-likeness (QED) is 0.347. The molecule has 3 aliphatic rings. The van der Waals surface area contributed by atoms with Gasteiger partial charge in [-0.1, -0.05) is 24.3 Å². The minimum Gasteiger partial charge on any atom is -0.496 e. The molecule has 4 atom stereocenters. The average Bonchev–Trinajstić information content (AvgIpc) is 3.42. The molecule has 2 aromatic rings. The number of hydrogen-bond donors (Lipinski definition) is 0. The van der Waals surface area contributed by atoms with Crippen molar-refractivity contribution >= 4 is 23.5 Å². The maximum Gasteiger partial charge on any atom is 0.347 e. The Morgan fingerprint density at radius 3 is 2.17 bits per heavy atom. The Kier molecular flexibility index (Phi) is 4.01. The van der Waals surface area contributed by atoms with Crippen molar-refractivity contribution in [3.8, 4) is 11.5 Å². The summed E-state index contributed by atoms with van der Waals surface area (Å²) in [5, 5.41) is 0. The predicted octanol–water partition coefficient (Wildman–Crippen LogP) is 3.23. The predicted molar refractivity (Wildman–Crippen MR) is 105 cm³/mol. The molecule has 29 heavy (non-hydrogen) atoms. The lowest BCUT2D eigenvalue weighted by atomic mass is 9.85. The number of nitrogens with zero attached hydrogens (tertiary/aromatic N) is 1. The van der Waals surface area contributed by atoms with Crippen LogP contribution in [-0.2, 0) is 9.59 Å². The van der Waals surface area contributed by atoms with Gasteiger partial charge in [-0.05, 0) is 54.7 Å². The Morgan fingerprint density at radius 2 is 1.55 bits per heavy atom. The van der Waals surface area contributed by atoms with Crippen molar-refractivity contribution in [1.82, 2.24) is 0 Å². The molecule has 2 bridgehead atoms. The van der Waals surface area contributed by atoms with Crippen LogP contribution in [0, 0.1) is 23.7 Å². The van der Waals surface area contributed by atoms with Gasteiger partial charge in [0.05, 0.1) is 24.6 Å². The molecule has 1 heterocycles. The minimum absolute atomic E-state index is 0.129. The van der Waals surface area contributed by atoms with Gasteiger partial charge in [-0.3, -0.25) is 14.5 Å². The third kappa shape index (κ3) is 2.67. The van der Waals surface area contributed by atoms with Gasteiger partial charge in [-0.25, -0.2) is 4.79 Å². The number of anilines is 1. The van der Waals surface area contributed by atoms with Gasteiger partial charge in [-0.2, -0.15) is 0 Å². The zero-order valence-corrected chi connectivity index (χ0v) is 15.8. The number of allylic oxidation sites excluding steroid dienone is 2. The molecule has 0 unspecified atom stereocenters. The Labute approximate surface area is 167 Å². The normalized spacial score (nSPS) is 26.7. The number of carbonyl (C=O) groups excluding carboxylic acids is 3. The number of esters is 1. The van der Waals surface area contributed by atoms with E-state index < -0.39 is 5.97 Å². The van der Waals surface area contributed by atoms with E-state index in [0.717, 1.165) is 6.42 Å². The van der Waals surface area contributed by atoms with E-state index in [1.165, 1.54) is 12.0 Å². The van der Waals surface area contributed by atoms with Crippen molar-refractivity contribution in [2.45, 2.75) is 6.42 Å². The molecule has 146 valence electrons. The number of imide groups is 1. The second-order valence-electron chi connectivity index (χ2n) is 7.60.